The van der Waals surface area contributed by atoms with Gasteiger partial charge in [0, 0.05) is 21.9 Å². The third kappa shape index (κ3) is 1.05. The highest BCUT2D eigenvalue weighted by Gasteiger charge is 2.12. The van der Waals surface area contributed by atoms with Crippen LogP contribution in [-0.4, -0.2) is 4.98 Å². The Morgan fingerprint density at radius 2 is 1.94 bits per heavy atom. The van der Waals surface area contributed by atoms with Crippen LogP contribution < -0.4 is 5.63 Å². The van der Waals surface area contributed by atoms with E-state index < -0.39 is 0 Å². The van der Waals surface area contributed by atoms with Crippen LogP contribution in [0, 0.1) is 13.8 Å². The molecule has 16 heavy (non-hydrogen) atoms. The fraction of sp³-hybridized carbons (Fsp3) is 0.154. The number of aromatic nitrogens is 1. The normalized spacial score (nSPS) is 11.4. The molecule has 0 saturated carbocycles. The predicted octanol–water partition coefficient (Wildman–Crippen LogP) is 2.89. The van der Waals surface area contributed by atoms with E-state index in [1.54, 1.807) is 13.8 Å². The summed E-state index contributed by atoms with van der Waals surface area (Å²) in [5.74, 6) is 0.641. The highest BCUT2D eigenvalue weighted by Crippen LogP contribution is 2.28. The molecule has 0 atom stereocenters. The molecule has 2 heterocycles. The van der Waals surface area contributed by atoms with Crippen LogP contribution in [0.4, 0.5) is 0 Å². The largest absolute Gasteiger partial charge is 0.426 e. The Morgan fingerprint density at radius 1 is 1.19 bits per heavy atom. The molecule has 1 N–H and O–H groups in total. The molecular formula is C13H11NO2. The zero-order valence-corrected chi connectivity index (χ0v) is 9.13. The Balaban J connectivity index is 2.71. The molecule has 0 saturated heterocycles. The molecule has 0 unspecified atom stereocenters. The van der Waals surface area contributed by atoms with Gasteiger partial charge < -0.3 is 9.40 Å². The lowest BCUT2D eigenvalue weighted by molar-refractivity contribution is 0.483. The van der Waals surface area contributed by atoms with Gasteiger partial charge in [0.2, 0.25) is 0 Å². The van der Waals surface area contributed by atoms with Crippen molar-refractivity contribution in [2.75, 3.05) is 0 Å². The average molecular weight is 213 g/mol. The molecule has 0 radical (unpaired) electrons. The monoisotopic (exact) mass is 213 g/mol. The van der Waals surface area contributed by atoms with E-state index in [0.29, 0.717) is 11.3 Å². The summed E-state index contributed by atoms with van der Waals surface area (Å²) in [6.07, 6.45) is 0. The smallest absolute Gasteiger partial charge is 0.339 e. The number of hydrogen-bond donors (Lipinski definition) is 1. The van der Waals surface area contributed by atoms with Gasteiger partial charge in [-0.3, -0.25) is 0 Å². The standard InChI is InChI=1S/C13H11NO2/c1-7-11-9-5-3-4-6-10(9)14-12(11)8(2)16-13(7)15/h3-6,14H,1-2H3. The van der Waals surface area contributed by atoms with Crippen molar-refractivity contribution in [3.8, 4) is 0 Å². The number of aryl methyl sites for hydroxylation is 2. The van der Waals surface area contributed by atoms with Gasteiger partial charge in [0.25, 0.3) is 0 Å². The molecule has 0 fully saturated rings. The van der Waals surface area contributed by atoms with Crippen LogP contribution >= 0.6 is 0 Å². The van der Waals surface area contributed by atoms with Gasteiger partial charge in [-0.2, -0.15) is 0 Å². The lowest BCUT2D eigenvalue weighted by Crippen LogP contribution is -2.04. The summed E-state index contributed by atoms with van der Waals surface area (Å²) >= 11 is 0. The van der Waals surface area contributed by atoms with Crippen LogP contribution in [0.2, 0.25) is 0 Å². The van der Waals surface area contributed by atoms with Crippen molar-refractivity contribution in [2.45, 2.75) is 13.8 Å². The summed E-state index contributed by atoms with van der Waals surface area (Å²) in [7, 11) is 0. The number of H-pyrrole nitrogens is 1. The Morgan fingerprint density at radius 3 is 2.75 bits per heavy atom. The van der Waals surface area contributed by atoms with Crippen LogP contribution in [0.25, 0.3) is 21.8 Å². The third-order valence-corrected chi connectivity index (χ3v) is 2.99. The molecule has 0 aliphatic heterocycles. The second-order valence-corrected chi connectivity index (χ2v) is 3.99. The molecule has 0 spiro atoms. The number of nitrogens with one attached hydrogen (secondary N) is 1. The summed E-state index contributed by atoms with van der Waals surface area (Å²) in [4.78, 5) is 14.9. The molecule has 3 heteroatoms. The first-order valence-electron chi connectivity index (χ1n) is 5.19. The maximum Gasteiger partial charge on any atom is 0.339 e. The van der Waals surface area contributed by atoms with Crippen molar-refractivity contribution in [1.82, 2.24) is 4.98 Å². The molecule has 2 aromatic heterocycles. The summed E-state index contributed by atoms with van der Waals surface area (Å²) in [6, 6.07) is 7.95. The lowest BCUT2D eigenvalue weighted by atomic mass is 10.1. The fourth-order valence-corrected chi connectivity index (χ4v) is 2.16. The predicted molar refractivity (Wildman–Crippen MR) is 63.8 cm³/mol. The van der Waals surface area contributed by atoms with E-state index in [1.165, 1.54) is 0 Å². The van der Waals surface area contributed by atoms with E-state index in [1.807, 2.05) is 24.3 Å². The van der Waals surface area contributed by atoms with Crippen LogP contribution in [0.3, 0.4) is 0 Å². The highest BCUT2D eigenvalue weighted by molar-refractivity contribution is 6.09. The van der Waals surface area contributed by atoms with Crippen LogP contribution in [0.15, 0.2) is 33.5 Å². The number of benzene rings is 1. The van der Waals surface area contributed by atoms with Gasteiger partial charge in [-0.15, -0.1) is 0 Å². The van der Waals surface area contributed by atoms with Crippen molar-refractivity contribution in [2.24, 2.45) is 0 Å². The lowest BCUT2D eigenvalue weighted by Gasteiger charge is -1.97. The van der Waals surface area contributed by atoms with Gasteiger partial charge in [0.15, 0.2) is 0 Å². The third-order valence-electron chi connectivity index (χ3n) is 2.99. The Labute approximate surface area is 91.7 Å². The zero-order chi connectivity index (χ0) is 11.3. The number of hydrogen-bond acceptors (Lipinski definition) is 2. The van der Waals surface area contributed by atoms with Crippen LogP contribution in [0.5, 0.6) is 0 Å². The maximum atomic E-state index is 11.6. The number of rotatable bonds is 0. The van der Waals surface area contributed by atoms with Gasteiger partial charge in [0.05, 0.1) is 5.52 Å². The minimum Gasteiger partial charge on any atom is -0.426 e. The quantitative estimate of drug-likeness (QED) is 0.624. The fourth-order valence-electron chi connectivity index (χ4n) is 2.16. The van der Waals surface area contributed by atoms with Gasteiger partial charge in [-0.05, 0) is 19.9 Å². The minimum atomic E-state index is -0.255. The molecule has 1 aromatic carbocycles. The SMILES string of the molecule is Cc1oc(=O)c(C)c2c1[nH]c1ccccc12. The van der Waals surface area contributed by atoms with Gasteiger partial charge in [-0.25, -0.2) is 4.79 Å². The number of para-hydroxylation sites is 1. The number of aromatic amines is 1. The Hall–Kier alpha value is -2.03. The molecule has 80 valence electrons. The maximum absolute atomic E-state index is 11.6. The topological polar surface area (TPSA) is 46.0 Å². The van der Waals surface area contributed by atoms with E-state index in [2.05, 4.69) is 4.98 Å². The molecular weight excluding hydrogens is 202 g/mol. The summed E-state index contributed by atoms with van der Waals surface area (Å²) in [6.45, 7) is 3.60. The Bertz CT molecular complexity index is 750. The second kappa shape index (κ2) is 2.98. The van der Waals surface area contributed by atoms with Crippen LogP contribution in [-0.2, 0) is 0 Å². The molecule has 3 nitrogen and oxygen atoms in total. The van der Waals surface area contributed by atoms with E-state index in [4.69, 9.17) is 4.42 Å². The first-order chi connectivity index (χ1) is 7.68. The van der Waals surface area contributed by atoms with Gasteiger partial charge in [0.1, 0.15) is 5.76 Å². The van der Waals surface area contributed by atoms with Crippen LogP contribution in [0.1, 0.15) is 11.3 Å². The summed E-state index contributed by atoms with van der Waals surface area (Å²) < 4.78 is 5.16. The number of fused-ring (bicyclic) bond motifs is 3. The van der Waals surface area contributed by atoms with Gasteiger partial charge in [-0.1, -0.05) is 18.2 Å². The molecule has 0 aliphatic carbocycles. The first-order valence-corrected chi connectivity index (χ1v) is 5.19. The molecule has 0 bridgehead atoms. The van der Waals surface area contributed by atoms with E-state index >= 15 is 0 Å². The van der Waals surface area contributed by atoms with Crippen molar-refractivity contribution in [3.63, 3.8) is 0 Å². The average Bonchev–Trinajstić information content (AvgIpc) is 2.66. The van der Waals surface area contributed by atoms with Crippen molar-refractivity contribution >= 4 is 21.8 Å². The highest BCUT2D eigenvalue weighted by atomic mass is 16.4. The minimum absolute atomic E-state index is 0.255. The molecule has 0 aliphatic rings. The van der Waals surface area contributed by atoms with Gasteiger partial charge >= 0.3 is 5.63 Å². The second-order valence-electron chi connectivity index (χ2n) is 3.99. The van der Waals surface area contributed by atoms with Crippen molar-refractivity contribution < 1.29 is 4.42 Å². The van der Waals surface area contributed by atoms with E-state index in [0.717, 1.165) is 21.8 Å². The summed E-state index contributed by atoms with van der Waals surface area (Å²) in [5.41, 5.74) is 2.36. The van der Waals surface area contributed by atoms with E-state index in [-0.39, 0.29) is 5.63 Å². The zero-order valence-electron chi connectivity index (χ0n) is 9.13. The van der Waals surface area contributed by atoms with Crippen molar-refractivity contribution in [3.05, 3.63) is 46.0 Å². The van der Waals surface area contributed by atoms with Crippen molar-refractivity contribution in [1.29, 1.82) is 0 Å². The van der Waals surface area contributed by atoms with E-state index in [9.17, 15) is 4.79 Å². The first kappa shape index (κ1) is 9.21. The Kier molecular flexibility index (Phi) is 1.72. The molecule has 0 amide bonds. The molecule has 3 rings (SSSR count). The summed E-state index contributed by atoms with van der Waals surface area (Å²) in [5, 5.41) is 2.05. The molecule has 3 aromatic rings.